The molecular formula is C26H39ClN6O2. The number of ether oxygens (including phenoxy) is 2. The Morgan fingerprint density at radius 1 is 1.17 bits per heavy atom. The molecule has 0 atom stereocenters. The summed E-state index contributed by atoms with van der Waals surface area (Å²) >= 11 is 6.54. The van der Waals surface area contributed by atoms with Crippen LogP contribution in [0, 0.1) is 5.92 Å². The van der Waals surface area contributed by atoms with Crippen LogP contribution in [0.25, 0.3) is 11.3 Å². The lowest BCUT2D eigenvalue weighted by Gasteiger charge is -2.33. The molecule has 0 bridgehead atoms. The van der Waals surface area contributed by atoms with E-state index >= 15 is 0 Å². The first-order chi connectivity index (χ1) is 17.0. The van der Waals surface area contributed by atoms with E-state index in [9.17, 15) is 0 Å². The van der Waals surface area contributed by atoms with Crippen molar-refractivity contribution < 1.29 is 9.47 Å². The van der Waals surface area contributed by atoms with Gasteiger partial charge in [-0.15, -0.1) is 0 Å². The van der Waals surface area contributed by atoms with Gasteiger partial charge in [-0.1, -0.05) is 17.7 Å². The summed E-state index contributed by atoms with van der Waals surface area (Å²) in [7, 11) is 1.74. The molecule has 2 aromatic rings. The lowest BCUT2D eigenvalue weighted by atomic mass is 9.86. The summed E-state index contributed by atoms with van der Waals surface area (Å²) in [6, 6.07) is 8.36. The molecule has 9 heteroatoms. The molecule has 0 radical (unpaired) electrons. The highest BCUT2D eigenvalue weighted by Crippen LogP contribution is 2.31. The van der Waals surface area contributed by atoms with E-state index in [0.717, 1.165) is 74.2 Å². The molecular weight excluding hydrogens is 464 g/mol. The predicted octanol–water partition coefficient (Wildman–Crippen LogP) is 3.92. The van der Waals surface area contributed by atoms with E-state index in [2.05, 4.69) is 20.9 Å². The summed E-state index contributed by atoms with van der Waals surface area (Å²) in [5.74, 6) is 2.36. The van der Waals surface area contributed by atoms with Gasteiger partial charge in [0.25, 0.3) is 0 Å². The Kier molecular flexibility index (Phi) is 9.57. The van der Waals surface area contributed by atoms with Gasteiger partial charge in [0.05, 0.1) is 17.3 Å². The predicted molar refractivity (Wildman–Crippen MR) is 142 cm³/mol. The first-order valence-corrected chi connectivity index (χ1v) is 13.1. The molecule has 4 rings (SSSR count). The molecule has 35 heavy (non-hydrogen) atoms. The Morgan fingerprint density at radius 3 is 2.74 bits per heavy atom. The fourth-order valence-corrected chi connectivity index (χ4v) is 5.02. The number of halogens is 1. The average molecular weight is 503 g/mol. The van der Waals surface area contributed by atoms with E-state index in [1.54, 1.807) is 13.3 Å². The van der Waals surface area contributed by atoms with E-state index < -0.39 is 0 Å². The summed E-state index contributed by atoms with van der Waals surface area (Å²) in [5, 5.41) is 11.1. The molecule has 1 aliphatic carbocycles. The molecule has 0 spiro atoms. The molecule has 1 saturated heterocycles. The molecule has 8 nitrogen and oxygen atoms in total. The van der Waals surface area contributed by atoms with Crippen LogP contribution < -0.4 is 21.7 Å². The van der Waals surface area contributed by atoms with Gasteiger partial charge in [-0.05, 0) is 69.2 Å². The molecule has 3 heterocycles. The van der Waals surface area contributed by atoms with Crippen molar-refractivity contribution in [3.8, 4) is 11.3 Å². The largest absolute Gasteiger partial charge is 0.383 e. The second-order valence-corrected chi connectivity index (χ2v) is 10.3. The molecule has 2 fully saturated rings. The first-order valence-electron chi connectivity index (χ1n) is 12.7. The molecule has 0 unspecified atom stereocenters. The summed E-state index contributed by atoms with van der Waals surface area (Å²) in [6.45, 7) is 4.82. The van der Waals surface area contributed by atoms with Gasteiger partial charge in [0.1, 0.15) is 11.6 Å². The van der Waals surface area contributed by atoms with Gasteiger partial charge in [-0.3, -0.25) is 0 Å². The maximum absolute atomic E-state index is 6.54. The van der Waals surface area contributed by atoms with Crippen molar-refractivity contribution in [2.45, 2.75) is 50.1 Å². The quantitative estimate of drug-likeness (QED) is 0.342. The summed E-state index contributed by atoms with van der Waals surface area (Å²) in [5.41, 5.74) is 7.94. The van der Waals surface area contributed by atoms with Crippen LogP contribution in [0.15, 0.2) is 30.5 Å². The van der Waals surface area contributed by atoms with Crippen molar-refractivity contribution in [3.63, 3.8) is 0 Å². The van der Waals surface area contributed by atoms with Gasteiger partial charge in [-0.25, -0.2) is 9.97 Å². The maximum atomic E-state index is 6.54. The highest BCUT2D eigenvalue weighted by atomic mass is 35.5. The van der Waals surface area contributed by atoms with Crippen molar-refractivity contribution >= 4 is 23.2 Å². The highest BCUT2D eigenvalue weighted by Gasteiger charge is 2.28. The Labute approximate surface area is 213 Å². The second kappa shape index (κ2) is 12.8. The molecule has 2 aliphatic rings. The summed E-state index contributed by atoms with van der Waals surface area (Å²) in [4.78, 5) is 9.34. The number of pyridine rings is 2. The molecule has 192 valence electrons. The lowest BCUT2D eigenvalue weighted by molar-refractivity contribution is 0.0574. The zero-order chi connectivity index (χ0) is 24.5. The second-order valence-electron chi connectivity index (χ2n) is 9.84. The molecule has 0 aromatic carbocycles. The van der Waals surface area contributed by atoms with Crippen molar-refractivity contribution in [2.75, 3.05) is 57.2 Å². The van der Waals surface area contributed by atoms with Crippen LogP contribution in [0.5, 0.6) is 0 Å². The van der Waals surface area contributed by atoms with E-state index in [1.807, 2.05) is 24.3 Å². The lowest BCUT2D eigenvalue weighted by Crippen LogP contribution is -2.50. The van der Waals surface area contributed by atoms with E-state index in [0.29, 0.717) is 30.8 Å². The first kappa shape index (κ1) is 26.1. The Hall–Kier alpha value is -1.97. The third kappa shape index (κ3) is 7.75. The van der Waals surface area contributed by atoms with Gasteiger partial charge in [0.2, 0.25) is 0 Å². The van der Waals surface area contributed by atoms with Gasteiger partial charge in [0.15, 0.2) is 0 Å². The van der Waals surface area contributed by atoms with Crippen molar-refractivity contribution in [3.05, 3.63) is 35.5 Å². The van der Waals surface area contributed by atoms with Crippen molar-refractivity contribution in [2.24, 2.45) is 11.7 Å². The molecule has 1 aliphatic heterocycles. The topological polar surface area (TPSA) is 106 Å². The number of nitrogens with zero attached hydrogens (tertiary/aromatic N) is 2. The van der Waals surface area contributed by atoms with Crippen LogP contribution in [0.1, 0.15) is 38.5 Å². The zero-order valence-corrected chi connectivity index (χ0v) is 21.4. The zero-order valence-electron chi connectivity index (χ0n) is 20.7. The van der Waals surface area contributed by atoms with Gasteiger partial charge >= 0.3 is 0 Å². The molecule has 1 saturated carbocycles. The summed E-state index contributed by atoms with van der Waals surface area (Å²) < 4.78 is 10.6. The standard InChI is InChI=1S/C26H39ClN6O2/c1-34-14-11-29-16-19-5-7-20(8-6-19)32-25-15-21(22(27)17-30-25)23-3-2-4-24(33-23)31-18-26(28)9-12-35-13-10-26/h2-4,15,17,19-20,29H,5-14,16,18,28H2,1H3,(H,30,32)(H,31,33). The number of nitrogens with two attached hydrogens (primary N) is 1. The van der Waals surface area contributed by atoms with Crippen LogP contribution in [0.2, 0.25) is 5.02 Å². The maximum Gasteiger partial charge on any atom is 0.126 e. The van der Waals surface area contributed by atoms with Crippen LogP contribution in [-0.2, 0) is 9.47 Å². The van der Waals surface area contributed by atoms with Crippen molar-refractivity contribution in [1.29, 1.82) is 0 Å². The number of hydrogen-bond donors (Lipinski definition) is 4. The van der Waals surface area contributed by atoms with Gasteiger partial charge in [0, 0.05) is 56.8 Å². The monoisotopic (exact) mass is 502 g/mol. The van der Waals surface area contributed by atoms with Gasteiger partial charge < -0.3 is 31.2 Å². The fraction of sp³-hybridized carbons (Fsp3) is 0.615. The summed E-state index contributed by atoms with van der Waals surface area (Å²) in [6.07, 6.45) is 8.10. The number of methoxy groups -OCH3 is 1. The average Bonchev–Trinajstić information content (AvgIpc) is 2.88. The smallest absolute Gasteiger partial charge is 0.126 e. The van der Waals surface area contributed by atoms with Crippen LogP contribution in [0.3, 0.4) is 0 Å². The Balaban J connectivity index is 1.33. The number of anilines is 2. The minimum absolute atomic E-state index is 0.264. The molecule has 2 aromatic heterocycles. The van der Waals surface area contributed by atoms with Gasteiger partial charge in [-0.2, -0.15) is 0 Å². The van der Waals surface area contributed by atoms with E-state index in [4.69, 9.17) is 31.8 Å². The third-order valence-corrected chi connectivity index (χ3v) is 7.41. The van der Waals surface area contributed by atoms with Crippen molar-refractivity contribution in [1.82, 2.24) is 15.3 Å². The van der Waals surface area contributed by atoms with E-state index in [1.165, 1.54) is 12.8 Å². The van der Waals surface area contributed by atoms with Crippen LogP contribution in [-0.4, -0.2) is 68.1 Å². The third-order valence-electron chi connectivity index (χ3n) is 7.11. The number of nitrogens with one attached hydrogen (secondary N) is 3. The Bertz CT molecular complexity index is 932. The fourth-order valence-electron chi connectivity index (χ4n) is 4.82. The Morgan fingerprint density at radius 2 is 1.97 bits per heavy atom. The number of rotatable bonds is 11. The number of aromatic nitrogens is 2. The molecule has 0 amide bonds. The van der Waals surface area contributed by atoms with Crippen LogP contribution in [0.4, 0.5) is 11.6 Å². The normalized spacial score (nSPS) is 22.0. The SMILES string of the molecule is COCCNCC1CCC(Nc2cc(-c3cccc(NCC4(N)CCOCC4)n3)c(Cl)cn2)CC1. The highest BCUT2D eigenvalue weighted by molar-refractivity contribution is 6.33. The number of hydrogen-bond acceptors (Lipinski definition) is 8. The van der Waals surface area contributed by atoms with E-state index in [-0.39, 0.29) is 5.54 Å². The minimum Gasteiger partial charge on any atom is -0.383 e. The molecule has 5 N–H and O–H groups in total. The van der Waals surface area contributed by atoms with Crippen LogP contribution >= 0.6 is 11.6 Å². The minimum atomic E-state index is -0.264.